The van der Waals surface area contributed by atoms with Crippen LogP contribution in [0, 0.1) is 6.92 Å². The molecule has 1 aromatic carbocycles. The Kier molecular flexibility index (Phi) is 4.87. The summed E-state index contributed by atoms with van der Waals surface area (Å²) >= 11 is 0. The number of aryl methyl sites for hydroxylation is 3. The van der Waals surface area contributed by atoms with Crippen LogP contribution in [-0.2, 0) is 13.0 Å². The lowest BCUT2D eigenvalue weighted by Gasteiger charge is -2.10. The molecule has 6 heteroatoms. The van der Waals surface area contributed by atoms with Crippen LogP contribution >= 0.6 is 0 Å². The monoisotopic (exact) mass is 360 g/mol. The zero-order chi connectivity index (χ0) is 18.6. The highest BCUT2D eigenvalue weighted by Gasteiger charge is 2.12. The summed E-state index contributed by atoms with van der Waals surface area (Å²) in [7, 11) is 0. The Bertz CT molecular complexity index is 1010. The van der Waals surface area contributed by atoms with Gasteiger partial charge in [0.1, 0.15) is 5.82 Å². The number of hydrogen-bond acceptors (Lipinski definition) is 4. The maximum Gasteiger partial charge on any atom is 0.165 e. The van der Waals surface area contributed by atoms with Gasteiger partial charge in [0.25, 0.3) is 0 Å². The maximum atomic E-state index is 4.73. The zero-order valence-electron chi connectivity index (χ0n) is 15.8. The van der Waals surface area contributed by atoms with E-state index < -0.39 is 0 Å². The van der Waals surface area contributed by atoms with E-state index in [9.17, 15) is 0 Å². The van der Waals surface area contributed by atoms with Crippen molar-refractivity contribution in [2.75, 3.05) is 11.9 Å². The average Bonchev–Trinajstić information content (AvgIpc) is 3.35. The first-order chi connectivity index (χ1) is 13.2. The average molecular weight is 360 g/mol. The predicted octanol–water partition coefficient (Wildman–Crippen LogP) is 3.97. The Morgan fingerprint density at radius 3 is 2.74 bits per heavy atom. The number of anilines is 1. The van der Waals surface area contributed by atoms with Gasteiger partial charge in [-0.3, -0.25) is 0 Å². The smallest absolute Gasteiger partial charge is 0.165 e. The van der Waals surface area contributed by atoms with Crippen molar-refractivity contribution in [3.8, 4) is 11.1 Å². The highest BCUT2D eigenvalue weighted by molar-refractivity contribution is 5.78. The molecule has 0 bridgehead atoms. The van der Waals surface area contributed by atoms with Crippen LogP contribution in [0.25, 0.3) is 16.8 Å². The van der Waals surface area contributed by atoms with E-state index in [-0.39, 0.29) is 0 Å². The highest BCUT2D eigenvalue weighted by Crippen LogP contribution is 2.26. The maximum absolute atomic E-state index is 4.73. The molecule has 0 atom stereocenters. The molecule has 6 nitrogen and oxygen atoms in total. The zero-order valence-corrected chi connectivity index (χ0v) is 15.8. The van der Waals surface area contributed by atoms with Gasteiger partial charge in [-0.05, 0) is 30.9 Å². The number of hydrogen-bond donors (Lipinski definition) is 1. The summed E-state index contributed by atoms with van der Waals surface area (Å²) < 4.78 is 3.98. The Labute approximate surface area is 158 Å². The molecule has 0 amide bonds. The van der Waals surface area contributed by atoms with E-state index >= 15 is 0 Å². The topological polar surface area (TPSA) is 60.0 Å². The molecule has 4 rings (SSSR count). The number of nitrogens with zero attached hydrogens (tertiary/aromatic N) is 5. The van der Waals surface area contributed by atoms with Crippen molar-refractivity contribution >= 4 is 11.5 Å². The van der Waals surface area contributed by atoms with Gasteiger partial charge in [-0.1, -0.05) is 31.2 Å². The van der Waals surface area contributed by atoms with E-state index in [1.165, 1.54) is 5.56 Å². The minimum absolute atomic E-state index is 0.858. The van der Waals surface area contributed by atoms with Crippen LogP contribution in [0.1, 0.15) is 24.6 Å². The molecule has 0 aliphatic heterocycles. The predicted molar refractivity (Wildman–Crippen MR) is 108 cm³/mol. The number of benzene rings is 1. The minimum atomic E-state index is 0.858. The molecule has 0 radical (unpaired) electrons. The molecule has 0 fully saturated rings. The fourth-order valence-electron chi connectivity index (χ4n) is 3.23. The van der Waals surface area contributed by atoms with Gasteiger partial charge in [0.2, 0.25) is 0 Å². The summed E-state index contributed by atoms with van der Waals surface area (Å²) in [5.41, 5.74) is 5.40. The lowest BCUT2D eigenvalue weighted by molar-refractivity contribution is 0.659. The Hall–Kier alpha value is -3.15. The molecule has 3 heterocycles. The molecule has 3 aromatic heterocycles. The third kappa shape index (κ3) is 3.69. The molecule has 0 saturated heterocycles. The van der Waals surface area contributed by atoms with E-state index in [4.69, 9.17) is 4.98 Å². The standard InChI is InChI=1S/C21H24N6/c1-3-17-5-7-18(8-6-17)19-14-24-27-20(13-16(2)25-21(19)27)23-9-4-11-26-12-10-22-15-26/h5-8,10,12-15,23H,3-4,9,11H2,1-2H3. The summed E-state index contributed by atoms with van der Waals surface area (Å²) in [6.45, 7) is 5.99. The second-order valence-electron chi connectivity index (χ2n) is 6.71. The first-order valence-electron chi connectivity index (χ1n) is 9.39. The van der Waals surface area contributed by atoms with Crippen molar-refractivity contribution in [2.24, 2.45) is 0 Å². The Morgan fingerprint density at radius 2 is 2.00 bits per heavy atom. The van der Waals surface area contributed by atoms with Crippen molar-refractivity contribution in [3.05, 3.63) is 66.5 Å². The molecule has 0 aliphatic carbocycles. The summed E-state index contributed by atoms with van der Waals surface area (Å²) in [6, 6.07) is 10.7. The quantitative estimate of drug-likeness (QED) is 0.507. The van der Waals surface area contributed by atoms with Crippen molar-refractivity contribution in [3.63, 3.8) is 0 Å². The van der Waals surface area contributed by atoms with Gasteiger partial charge in [-0.25, -0.2) is 9.97 Å². The van der Waals surface area contributed by atoms with E-state index in [1.807, 2.05) is 42.4 Å². The second-order valence-corrected chi connectivity index (χ2v) is 6.71. The first kappa shape index (κ1) is 17.3. The fraction of sp³-hybridized carbons (Fsp3) is 0.286. The molecule has 0 saturated carbocycles. The normalized spacial score (nSPS) is 11.2. The minimum Gasteiger partial charge on any atom is -0.370 e. The van der Waals surface area contributed by atoms with E-state index in [0.29, 0.717) is 0 Å². The van der Waals surface area contributed by atoms with Crippen molar-refractivity contribution < 1.29 is 0 Å². The van der Waals surface area contributed by atoms with Crippen LogP contribution in [0.15, 0.2) is 55.2 Å². The van der Waals surface area contributed by atoms with E-state index in [1.54, 1.807) is 0 Å². The Morgan fingerprint density at radius 1 is 1.15 bits per heavy atom. The summed E-state index contributed by atoms with van der Waals surface area (Å²) in [4.78, 5) is 8.81. The van der Waals surface area contributed by atoms with Crippen LogP contribution < -0.4 is 5.32 Å². The van der Waals surface area contributed by atoms with Crippen LogP contribution in [0.4, 0.5) is 5.82 Å². The molecular weight excluding hydrogens is 336 g/mol. The van der Waals surface area contributed by atoms with Crippen LogP contribution in [0.2, 0.25) is 0 Å². The van der Waals surface area contributed by atoms with Crippen molar-refractivity contribution in [1.82, 2.24) is 24.1 Å². The van der Waals surface area contributed by atoms with Crippen LogP contribution in [-0.4, -0.2) is 30.7 Å². The van der Waals surface area contributed by atoms with Gasteiger partial charge < -0.3 is 9.88 Å². The molecule has 4 aromatic rings. The summed E-state index contributed by atoms with van der Waals surface area (Å²) in [6.07, 6.45) is 9.59. The number of aromatic nitrogens is 5. The lowest BCUT2D eigenvalue weighted by Crippen LogP contribution is -2.10. The third-order valence-electron chi connectivity index (χ3n) is 4.73. The van der Waals surface area contributed by atoms with Gasteiger partial charge in [0, 0.05) is 42.8 Å². The van der Waals surface area contributed by atoms with Gasteiger partial charge in [-0.2, -0.15) is 9.61 Å². The lowest BCUT2D eigenvalue weighted by atomic mass is 10.1. The van der Waals surface area contributed by atoms with Crippen molar-refractivity contribution in [2.45, 2.75) is 33.2 Å². The fourth-order valence-corrected chi connectivity index (χ4v) is 3.23. The number of imidazole rings is 1. The van der Waals surface area contributed by atoms with Gasteiger partial charge >= 0.3 is 0 Å². The number of nitrogens with one attached hydrogen (secondary N) is 1. The van der Waals surface area contributed by atoms with E-state index in [2.05, 4.69) is 51.2 Å². The molecule has 1 N–H and O–H groups in total. The van der Waals surface area contributed by atoms with Gasteiger partial charge in [0.15, 0.2) is 5.65 Å². The molecule has 0 spiro atoms. The van der Waals surface area contributed by atoms with E-state index in [0.717, 1.165) is 54.2 Å². The SMILES string of the molecule is CCc1ccc(-c2cnn3c(NCCCn4ccnc4)cc(C)nc23)cc1. The molecule has 138 valence electrons. The molecule has 0 aliphatic rings. The Balaban J connectivity index is 1.55. The number of rotatable bonds is 7. The third-order valence-corrected chi connectivity index (χ3v) is 4.73. The molecular formula is C21H24N6. The molecule has 27 heavy (non-hydrogen) atoms. The van der Waals surface area contributed by atoms with Crippen molar-refractivity contribution in [1.29, 1.82) is 0 Å². The summed E-state index contributed by atoms with van der Waals surface area (Å²) in [5, 5.41) is 8.08. The largest absolute Gasteiger partial charge is 0.370 e. The molecule has 0 unspecified atom stereocenters. The first-order valence-corrected chi connectivity index (χ1v) is 9.39. The summed E-state index contributed by atoms with van der Waals surface area (Å²) in [5.74, 6) is 0.972. The van der Waals surface area contributed by atoms with Gasteiger partial charge in [0.05, 0.1) is 12.5 Å². The van der Waals surface area contributed by atoms with Crippen LogP contribution in [0.5, 0.6) is 0 Å². The highest BCUT2D eigenvalue weighted by atomic mass is 15.3. The van der Waals surface area contributed by atoms with Crippen LogP contribution in [0.3, 0.4) is 0 Å². The van der Waals surface area contributed by atoms with Gasteiger partial charge in [-0.15, -0.1) is 0 Å². The second kappa shape index (κ2) is 7.61. The number of fused-ring (bicyclic) bond motifs is 1.